The molecule has 0 aliphatic rings. The van der Waals surface area contributed by atoms with E-state index in [0.29, 0.717) is 5.88 Å². The summed E-state index contributed by atoms with van der Waals surface area (Å²) in [6.45, 7) is 2.15. The number of fused-ring (bicyclic) bond motifs is 3. The van der Waals surface area contributed by atoms with Crippen molar-refractivity contribution >= 4 is 28.2 Å². The molecule has 3 nitrogen and oxygen atoms in total. The molecule has 0 atom stereocenters. The molecule has 1 aromatic carbocycles. The summed E-state index contributed by atoms with van der Waals surface area (Å²) < 4.78 is 2.06. The molecule has 0 N–H and O–H groups in total. The zero-order valence-corrected chi connectivity index (χ0v) is 11.0. The van der Waals surface area contributed by atoms with Gasteiger partial charge in [0.1, 0.15) is 6.33 Å². The second-order valence-electron chi connectivity index (χ2n) is 4.44. The van der Waals surface area contributed by atoms with E-state index in [9.17, 15) is 0 Å². The first kappa shape index (κ1) is 11.5. The van der Waals surface area contributed by atoms with Crippen LogP contribution in [0.25, 0.3) is 16.6 Å². The molecule has 4 heteroatoms. The van der Waals surface area contributed by atoms with E-state index < -0.39 is 0 Å². The van der Waals surface area contributed by atoms with E-state index >= 15 is 0 Å². The van der Waals surface area contributed by atoms with Gasteiger partial charge in [-0.05, 0) is 31.4 Å². The molecule has 0 saturated carbocycles. The summed E-state index contributed by atoms with van der Waals surface area (Å²) >= 11 is 5.80. The van der Waals surface area contributed by atoms with Crippen LogP contribution in [0.5, 0.6) is 0 Å². The predicted octanol–water partition coefficient (Wildman–Crippen LogP) is 3.36. The highest BCUT2D eigenvalue weighted by molar-refractivity contribution is 6.17. The van der Waals surface area contributed by atoms with Crippen LogP contribution in [0.4, 0.5) is 0 Å². The van der Waals surface area contributed by atoms with Crippen molar-refractivity contribution in [2.24, 2.45) is 0 Å². The molecule has 0 radical (unpaired) electrons. The number of rotatable bonds is 3. The number of para-hydroxylation sites is 1. The van der Waals surface area contributed by atoms with Gasteiger partial charge in [-0.15, -0.1) is 21.8 Å². The summed E-state index contributed by atoms with van der Waals surface area (Å²) in [5.41, 5.74) is 4.66. The van der Waals surface area contributed by atoms with Gasteiger partial charge < -0.3 is 0 Å². The Morgan fingerprint density at radius 2 is 2.11 bits per heavy atom. The van der Waals surface area contributed by atoms with Crippen LogP contribution in [0.2, 0.25) is 0 Å². The van der Waals surface area contributed by atoms with Gasteiger partial charge in [-0.1, -0.05) is 18.2 Å². The number of nitrogens with zero attached hydrogens (tertiary/aromatic N) is 3. The molecule has 92 valence electrons. The lowest BCUT2D eigenvalue weighted by molar-refractivity contribution is 0.917. The van der Waals surface area contributed by atoms with Crippen LogP contribution < -0.4 is 0 Å². The fourth-order valence-corrected chi connectivity index (χ4v) is 2.62. The van der Waals surface area contributed by atoms with E-state index in [0.717, 1.165) is 24.0 Å². The van der Waals surface area contributed by atoms with Crippen LogP contribution in [0, 0.1) is 6.92 Å². The minimum absolute atomic E-state index is 0.673. The Kier molecular flexibility index (Phi) is 2.92. The Morgan fingerprint density at radius 3 is 2.94 bits per heavy atom. The first-order valence-electron chi connectivity index (χ1n) is 6.09. The van der Waals surface area contributed by atoms with Crippen LogP contribution in [0.3, 0.4) is 0 Å². The molecule has 0 fully saturated rings. The van der Waals surface area contributed by atoms with Gasteiger partial charge in [-0.3, -0.25) is 4.40 Å². The maximum Gasteiger partial charge on any atom is 0.164 e. The summed E-state index contributed by atoms with van der Waals surface area (Å²) in [6, 6.07) is 8.36. The topological polar surface area (TPSA) is 30.2 Å². The van der Waals surface area contributed by atoms with Gasteiger partial charge in [0.2, 0.25) is 0 Å². The van der Waals surface area contributed by atoms with Gasteiger partial charge in [-0.25, -0.2) is 0 Å². The molecule has 3 rings (SSSR count). The van der Waals surface area contributed by atoms with Gasteiger partial charge in [0.05, 0.1) is 5.52 Å². The number of pyridine rings is 1. The number of benzene rings is 1. The molecular weight excluding hydrogens is 246 g/mol. The Balaban J connectivity index is 2.37. The second-order valence-corrected chi connectivity index (χ2v) is 4.82. The monoisotopic (exact) mass is 259 g/mol. The van der Waals surface area contributed by atoms with Crippen molar-refractivity contribution in [3.05, 3.63) is 41.7 Å². The van der Waals surface area contributed by atoms with Crippen LogP contribution in [0.1, 0.15) is 17.5 Å². The Hall–Kier alpha value is -1.61. The molecule has 3 aromatic rings. The van der Waals surface area contributed by atoms with Crippen molar-refractivity contribution in [1.29, 1.82) is 0 Å². The lowest BCUT2D eigenvalue weighted by Crippen LogP contribution is -1.99. The Morgan fingerprint density at radius 1 is 1.28 bits per heavy atom. The third kappa shape index (κ3) is 1.66. The van der Waals surface area contributed by atoms with Gasteiger partial charge >= 0.3 is 0 Å². The summed E-state index contributed by atoms with van der Waals surface area (Å²) in [6.07, 6.45) is 3.69. The van der Waals surface area contributed by atoms with E-state index in [1.807, 2.05) is 6.07 Å². The van der Waals surface area contributed by atoms with E-state index in [2.05, 4.69) is 39.7 Å². The molecule has 0 aliphatic heterocycles. The van der Waals surface area contributed by atoms with Crippen LogP contribution in [-0.4, -0.2) is 20.5 Å². The highest BCUT2D eigenvalue weighted by Gasteiger charge is 2.12. The van der Waals surface area contributed by atoms with Crippen molar-refractivity contribution in [3.63, 3.8) is 0 Å². The number of halogens is 1. The molecule has 2 aromatic heterocycles. The zero-order chi connectivity index (χ0) is 12.5. The summed E-state index contributed by atoms with van der Waals surface area (Å²) in [7, 11) is 0. The fraction of sp³-hybridized carbons (Fsp3) is 0.286. The molecule has 0 spiro atoms. The second kappa shape index (κ2) is 4.58. The van der Waals surface area contributed by atoms with Gasteiger partial charge in [-0.2, -0.15) is 0 Å². The molecule has 0 unspecified atom stereocenters. The number of aryl methyl sites for hydroxylation is 2. The molecule has 0 bridgehead atoms. The molecule has 0 aliphatic carbocycles. The van der Waals surface area contributed by atoms with Crippen molar-refractivity contribution in [1.82, 2.24) is 14.6 Å². The number of aromatic nitrogens is 3. The van der Waals surface area contributed by atoms with Crippen LogP contribution in [0.15, 0.2) is 30.6 Å². The van der Waals surface area contributed by atoms with E-state index in [-0.39, 0.29) is 0 Å². The van der Waals surface area contributed by atoms with Crippen molar-refractivity contribution in [2.45, 2.75) is 19.8 Å². The smallest absolute Gasteiger partial charge is 0.164 e. The average molecular weight is 260 g/mol. The van der Waals surface area contributed by atoms with Crippen LogP contribution >= 0.6 is 11.6 Å². The van der Waals surface area contributed by atoms with Gasteiger partial charge in [0.25, 0.3) is 0 Å². The SMILES string of the molecule is Cc1c(CCCCl)c2nncn2c2ccccc12. The summed E-state index contributed by atoms with van der Waals surface area (Å²) in [5.74, 6) is 0.673. The maximum atomic E-state index is 5.80. The molecule has 2 heterocycles. The lowest BCUT2D eigenvalue weighted by Gasteiger charge is -2.11. The van der Waals surface area contributed by atoms with Gasteiger partial charge in [0, 0.05) is 16.8 Å². The Labute approximate surface area is 110 Å². The highest BCUT2D eigenvalue weighted by Crippen LogP contribution is 2.26. The first-order chi connectivity index (χ1) is 8.83. The third-order valence-electron chi connectivity index (χ3n) is 3.40. The predicted molar refractivity (Wildman–Crippen MR) is 74.3 cm³/mol. The fourth-order valence-electron chi connectivity index (χ4n) is 2.49. The largest absolute Gasteiger partial charge is 0.281 e. The molecule has 0 amide bonds. The van der Waals surface area contributed by atoms with Crippen molar-refractivity contribution < 1.29 is 0 Å². The quantitative estimate of drug-likeness (QED) is 0.675. The standard InChI is InChI=1S/C14H14ClN3/c1-10-11-5-2-3-7-13(11)18-9-16-17-14(18)12(10)6-4-8-15/h2-3,5,7,9H,4,6,8H2,1H3. The highest BCUT2D eigenvalue weighted by atomic mass is 35.5. The van der Waals surface area contributed by atoms with E-state index in [4.69, 9.17) is 11.6 Å². The molecule has 0 saturated heterocycles. The van der Waals surface area contributed by atoms with Crippen LogP contribution in [-0.2, 0) is 6.42 Å². The zero-order valence-electron chi connectivity index (χ0n) is 10.2. The molecule has 18 heavy (non-hydrogen) atoms. The third-order valence-corrected chi connectivity index (χ3v) is 3.67. The van der Waals surface area contributed by atoms with Crippen molar-refractivity contribution in [3.8, 4) is 0 Å². The summed E-state index contributed by atoms with van der Waals surface area (Å²) in [4.78, 5) is 0. The minimum atomic E-state index is 0.673. The van der Waals surface area contributed by atoms with Crippen molar-refractivity contribution in [2.75, 3.05) is 5.88 Å². The lowest BCUT2D eigenvalue weighted by atomic mass is 10.0. The van der Waals surface area contributed by atoms with E-state index in [1.165, 1.54) is 16.5 Å². The molecular formula is C14H14ClN3. The number of hydrogen-bond donors (Lipinski definition) is 0. The maximum absolute atomic E-state index is 5.80. The Bertz CT molecular complexity index is 703. The number of alkyl halides is 1. The average Bonchev–Trinajstić information content (AvgIpc) is 2.88. The summed E-state index contributed by atoms with van der Waals surface area (Å²) in [5, 5.41) is 9.55. The number of hydrogen-bond acceptors (Lipinski definition) is 2. The van der Waals surface area contributed by atoms with E-state index in [1.54, 1.807) is 6.33 Å². The normalized spacial score (nSPS) is 11.4. The first-order valence-corrected chi connectivity index (χ1v) is 6.62. The van der Waals surface area contributed by atoms with Gasteiger partial charge in [0.15, 0.2) is 5.65 Å². The minimum Gasteiger partial charge on any atom is -0.281 e.